The average Bonchev–Trinajstić information content (AvgIpc) is 2.41. The zero-order valence-electron chi connectivity index (χ0n) is 10.0. The van der Waals surface area contributed by atoms with Gasteiger partial charge >= 0.3 is 5.97 Å². The molecule has 19 heavy (non-hydrogen) atoms. The number of carbonyl (C=O) groups excluding carboxylic acids is 1. The number of hydrogen-bond acceptors (Lipinski definition) is 3. The fourth-order valence-corrected chi connectivity index (χ4v) is 1.94. The predicted octanol–water partition coefficient (Wildman–Crippen LogP) is 4.57. The fourth-order valence-electron chi connectivity index (χ4n) is 1.49. The second-order valence-corrected chi connectivity index (χ2v) is 4.54. The summed E-state index contributed by atoms with van der Waals surface area (Å²) in [5.74, 6) is 0.535. The lowest BCUT2D eigenvalue weighted by Gasteiger charge is -2.08. The topological polar surface area (TPSA) is 35.5 Å². The van der Waals surface area contributed by atoms with Crippen molar-refractivity contribution in [2.45, 2.75) is 0 Å². The van der Waals surface area contributed by atoms with Gasteiger partial charge in [0.1, 0.15) is 11.5 Å². The van der Waals surface area contributed by atoms with E-state index in [0.717, 1.165) is 0 Å². The molecule has 0 radical (unpaired) electrons. The van der Waals surface area contributed by atoms with Crippen molar-refractivity contribution in [2.75, 3.05) is 7.11 Å². The fraction of sp³-hybridized carbons (Fsp3) is 0.0714. The van der Waals surface area contributed by atoms with Gasteiger partial charge in [-0.05, 0) is 36.4 Å². The molecular formula is C14H10Cl2O3. The maximum absolute atomic E-state index is 11.4. The lowest BCUT2D eigenvalue weighted by Crippen LogP contribution is -2.00. The minimum Gasteiger partial charge on any atom is -0.465 e. The van der Waals surface area contributed by atoms with Crippen molar-refractivity contribution in [1.82, 2.24) is 0 Å². The second kappa shape index (κ2) is 5.95. The van der Waals surface area contributed by atoms with Gasteiger partial charge in [0.05, 0.1) is 17.7 Å². The number of methoxy groups -OCH3 is 1. The third-order valence-electron chi connectivity index (χ3n) is 2.38. The zero-order chi connectivity index (χ0) is 13.8. The van der Waals surface area contributed by atoms with E-state index in [1.54, 1.807) is 42.5 Å². The van der Waals surface area contributed by atoms with Gasteiger partial charge in [-0.3, -0.25) is 0 Å². The van der Waals surface area contributed by atoms with Crippen molar-refractivity contribution in [3.8, 4) is 11.5 Å². The summed E-state index contributed by atoms with van der Waals surface area (Å²) in [5.41, 5.74) is 0.407. The molecule has 5 heteroatoms. The molecule has 0 heterocycles. The standard InChI is InChI=1S/C14H10Cl2O3/c1-18-14(17)9-3-2-4-11(7-9)19-13-6-5-10(15)8-12(13)16/h2-8H,1H3. The largest absolute Gasteiger partial charge is 0.465 e. The van der Waals surface area contributed by atoms with Gasteiger partial charge in [-0.15, -0.1) is 0 Å². The Morgan fingerprint density at radius 1 is 1.11 bits per heavy atom. The van der Waals surface area contributed by atoms with E-state index in [2.05, 4.69) is 4.74 Å². The Bertz CT molecular complexity index is 611. The van der Waals surface area contributed by atoms with Crippen LogP contribution in [0.2, 0.25) is 10.0 Å². The summed E-state index contributed by atoms with van der Waals surface area (Å²) in [4.78, 5) is 11.4. The van der Waals surface area contributed by atoms with E-state index in [4.69, 9.17) is 27.9 Å². The van der Waals surface area contributed by atoms with Gasteiger partial charge in [-0.1, -0.05) is 29.3 Å². The van der Waals surface area contributed by atoms with Crippen LogP contribution >= 0.6 is 23.2 Å². The summed E-state index contributed by atoms with van der Waals surface area (Å²) < 4.78 is 10.2. The van der Waals surface area contributed by atoms with E-state index in [1.165, 1.54) is 7.11 Å². The molecule has 0 fully saturated rings. The first-order valence-electron chi connectivity index (χ1n) is 5.41. The van der Waals surface area contributed by atoms with Crippen LogP contribution in [-0.2, 0) is 4.74 Å². The molecule has 0 aliphatic rings. The van der Waals surface area contributed by atoms with Crippen molar-refractivity contribution in [1.29, 1.82) is 0 Å². The SMILES string of the molecule is COC(=O)c1cccc(Oc2ccc(Cl)cc2Cl)c1. The lowest BCUT2D eigenvalue weighted by atomic mass is 10.2. The molecule has 0 amide bonds. The van der Waals surface area contributed by atoms with Crippen LogP contribution in [0.3, 0.4) is 0 Å². The van der Waals surface area contributed by atoms with E-state index in [0.29, 0.717) is 27.1 Å². The Hall–Kier alpha value is -1.71. The normalized spacial score (nSPS) is 10.1. The number of halogens is 2. The maximum atomic E-state index is 11.4. The van der Waals surface area contributed by atoms with Gasteiger partial charge in [0.25, 0.3) is 0 Å². The lowest BCUT2D eigenvalue weighted by molar-refractivity contribution is 0.0600. The summed E-state index contributed by atoms with van der Waals surface area (Å²) in [6.07, 6.45) is 0. The van der Waals surface area contributed by atoms with E-state index in [1.807, 2.05) is 0 Å². The van der Waals surface area contributed by atoms with Crippen molar-refractivity contribution in [3.05, 3.63) is 58.1 Å². The van der Waals surface area contributed by atoms with Crippen LogP contribution in [0.4, 0.5) is 0 Å². The molecule has 98 valence electrons. The molecule has 3 nitrogen and oxygen atoms in total. The minimum atomic E-state index is -0.423. The molecule has 2 aromatic rings. The molecule has 2 rings (SSSR count). The van der Waals surface area contributed by atoms with Crippen LogP contribution in [0.15, 0.2) is 42.5 Å². The highest BCUT2D eigenvalue weighted by Crippen LogP contribution is 2.31. The molecule has 0 unspecified atom stereocenters. The third-order valence-corrected chi connectivity index (χ3v) is 2.91. The van der Waals surface area contributed by atoms with Crippen molar-refractivity contribution < 1.29 is 14.3 Å². The Morgan fingerprint density at radius 2 is 1.89 bits per heavy atom. The number of ether oxygens (including phenoxy) is 2. The third kappa shape index (κ3) is 3.40. The summed E-state index contributed by atoms with van der Waals surface area (Å²) in [6.45, 7) is 0. The summed E-state index contributed by atoms with van der Waals surface area (Å²) in [7, 11) is 1.33. The highest BCUT2D eigenvalue weighted by molar-refractivity contribution is 6.35. The highest BCUT2D eigenvalue weighted by Gasteiger charge is 2.08. The smallest absolute Gasteiger partial charge is 0.337 e. The van der Waals surface area contributed by atoms with Gasteiger partial charge in [-0.25, -0.2) is 4.79 Å². The average molecular weight is 297 g/mol. The van der Waals surface area contributed by atoms with Crippen LogP contribution in [0, 0.1) is 0 Å². The van der Waals surface area contributed by atoms with E-state index in [9.17, 15) is 4.79 Å². The van der Waals surface area contributed by atoms with Crippen molar-refractivity contribution in [3.63, 3.8) is 0 Å². The second-order valence-electron chi connectivity index (χ2n) is 3.70. The van der Waals surface area contributed by atoms with Crippen LogP contribution < -0.4 is 4.74 Å². The number of carbonyl (C=O) groups is 1. The van der Waals surface area contributed by atoms with E-state index >= 15 is 0 Å². The molecule has 0 aliphatic carbocycles. The quantitative estimate of drug-likeness (QED) is 0.778. The van der Waals surface area contributed by atoms with Gasteiger partial charge < -0.3 is 9.47 Å². The Balaban J connectivity index is 2.26. The van der Waals surface area contributed by atoms with Gasteiger partial charge in [0, 0.05) is 5.02 Å². The molecule has 0 bridgehead atoms. The molecule has 2 aromatic carbocycles. The maximum Gasteiger partial charge on any atom is 0.337 e. The molecular weight excluding hydrogens is 287 g/mol. The first-order valence-corrected chi connectivity index (χ1v) is 6.17. The Kier molecular flexibility index (Phi) is 4.30. The van der Waals surface area contributed by atoms with Crippen molar-refractivity contribution in [2.24, 2.45) is 0 Å². The van der Waals surface area contributed by atoms with E-state index < -0.39 is 5.97 Å². The summed E-state index contributed by atoms with van der Waals surface area (Å²) in [5, 5.41) is 0.927. The molecule has 0 atom stereocenters. The first-order chi connectivity index (χ1) is 9.10. The number of esters is 1. The Morgan fingerprint density at radius 3 is 2.58 bits per heavy atom. The molecule has 0 aromatic heterocycles. The van der Waals surface area contributed by atoms with Gasteiger partial charge in [0.2, 0.25) is 0 Å². The van der Waals surface area contributed by atoms with Gasteiger partial charge in [0.15, 0.2) is 0 Å². The summed E-state index contributed by atoms with van der Waals surface area (Å²) in [6, 6.07) is 11.6. The van der Waals surface area contributed by atoms with Crippen LogP contribution in [0.5, 0.6) is 11.5 Å². The predicted molar refractivity (Wildman–Crippen MR) is 74.3 cm³/mol. The van der Waals surface area contributed by atoms with Crippen LogP contribution in [0.1, 0.15) is 10.4 Å². The monoisotopic (exact) mass is 296 g/mol. The zero-order valence-corrected chi connectivity index (χ0v) is 11.5. The molecule has 0 saturated heterocycles. The minimum absolute atomic E-state index is 0.399. The molecule has 0 saturated carbocycles. The summed E-state index contributed by atoms with van der Waals surface area (Å²) >= 11 is 11.8. The highest BCUT2D eigenvalue weighted by atomic mass is 35.5. The Labute approximate surface area is 120 Å². The number of rotatable bonds is 3. The van der Waals surface area contributed by atoms with Crippen LogP contribution in [0.25, 0.3) is 0 Å². The number of benzene rings is 2. The first kappa shape index (κ1) is 13.7. The van der Waals surface area contributed by atoms with Crippen molar-refractivity contribution >= 4 is 29.2 Å². The molecule has 0 aliphatic heterocycles. The number of hydrogen-bond donors (Lipinski definition) is 0. The van der Waals surface area contributed by atoms with Gasteiger partial charge in [-0.2, -0.15) is 0 Å². The van der Waals surface area contributed by atoms with Crippen LogP contribution in [-0.4, -0.2) is 13.1 Å². The van der Waals surface area contributed by atoms with E-state index in [-0.39, 0.29) is 0 Å². The molecule has 0 N–H and O–H groups in total. The molecule has 0 spiro atoms.